The van der Waals surface area contributed by atoms with Gasteiger partial charge in [-0.25, -0.2) is 0 Å². The summed E-state index contributed by atoms with van der Waals surface area (Å²) in [6, 6.07) is 4.02. The fourth-order valence-corrected chi connectivity index (χ4v) is 2.71. The number of hydrogen-bond donors (Lipinski definition) is 0. The van der Waals surface area contributed by atoms with Crippen LogP contribution in [0.5, 0.6) is 0 Å². The van der Waals surface area contributed by atoms with E-state index in [2.05, 4.69) is 12.8 Å². The van der Waals surface area contributed by atoms with Gasteiger partial charge in [0.05, 0.1) is 13.1 Å². The smallest absolute Gasteiger partial charge is 0.223 e. The van der Waals surface area contributed by atoms with Crippen molar-refractivity contribution in [3.8, 4) is 6.19 Å². The fourth-order valence-electron chi connectivity index (χ4n) is 2.71. The summed E-state index contributed by atoms with van der Waals surface area (Å²) in [6.07, 6.45) is 9.86. The van der Waals surface area contributed by atoms with Crippen LogP contribution in [0, 0.1) is 11.5 Å². The molecule has 0 bridgehead atoms. The molecule has 4 nitrogen and oxygen atoms in total. The zero-order chi connectivity index (χ0) is 17.0. The molecule has 118 valence electrons. The van der Waals surface area contributed by atoms with Crippen LogP contribution < -0.4 is 4.90 Å². The summed E-state index contributed by atoms with van der Waals surface area (Å²) < 4.78 is 0. The Morgan fingerprint density at radius 1 is 1.43 bits per heavy atom. The van der Waals surface area contributed by atoms with Gasteiger partial charge in [-0.15, -0.1) is 0 Å². The Hall–Kier alpha value is -2.80. The quantitative estimate of drug-likeness (QED) is 0.630. The second kappa shape index (κ2) is 6.97. The van der Waals surface area contributed by atoms with Gasteiger partial charge in [-0.05, 0) is 41.3 Å². The van der Waals surface area contributed by atoms with Crippen molar-refractivity contribution in [3.05, 3.63) is 59.7 Å². The molecule has 0 aromatic heterocycles. The van der Waals surface area contributed by atoms with Gasteiger partial charge >= 0.3 is 0 Å². The van der Waals surface area contributed by atoms with Gasteiger partial charge in [-0.3, -0.25) is 4.79 Å². The lowest BCUT2D eigenvalue weighted by Gasteiger charge is -2.19. The Morgan fingerprint density at radius 2 is 2.17 bits per heavy atom. The monoisotopic (exact) mass is 307 g/mol. The van der Waals surface area contributed by atoms with Gasteiger partial charge in [0.1, 0.15) is 0 Å². The van der Waals surface area contributed by atoms with Crippen molar-refractivity contribution in [2.75, 3.05) is 11.9 Å². The number of carbonyl (C=O) groups is 1. The predicted octanol–water partition coefficient (Wildman–Crippen LogP) is 3.61. The van der Waals surface area contributed by atoms with E-state index in [1.807, 2.05) is 37.3 Å². The fraction of sp³-hybridized carbons (Fsp3) is 0.263. The highest BCUT2D eigenvalue weighted by Gasteiger charge is 2.23. The molecule has 0 N–H and O–H groups in total. The number of nitriles is 1. The Balaban J connectivity index is 2.60. The van der Waals surface area contributed by atoms with Gasteiger partial charge in [-0.1, -0.05) is 30.9 Å². The van der Waals surface area contributed by atoms with Crippen molar-refractivity contribution in [3.63, 3.8) is 0 Å². The third-order valence-electron chi connectivity index (χ3n) is 4.07. The van der Waals surface area contributed by atoms with Crippen LogP contribution in [0.25, 0.3) is 5.57 Å². The molecule has 0 saturated carbocycles. The number of benzene rings is 1. The number of fused-ring (bicyclic) bond motifs is 1. The van der Waals surface area contributed by atoms with E-state index in [1.54, 1.807) is 29.8 Å². The lowest BCUT2D eigenvalue weighted by molar-refractivity contribution is -0.116. The highest BCUT2D eigenvalue weighted by Crippen LogP contribution is 2.34. The topological polar surface area (TPSA) is 47.3 Å². The summed E-state index contributed by atoms with van der Waals surface area (Å²) >= 11 is 0. The first kappa shape index (κ1) is 16.6. The highest BCUT2D eigenvalue weighted by molar-refractivity contribution is 5.92. The average molecular weight is 307 g/mol. The van der Waals surface area contributed by atoms with Crippen molar-refractivity contribution in [2.45, 2.75) is 26.9 Å². The van der Waals surface area contributed by atoms with Gasteiger partial charge in [0.25, 0.3) is 0 Å². The van der Waals surface area contributed by atoms with Gasteiger partial charge in [0, 0.05) is 19.7 Å². The van der Waals surface area contributed by atoms with E-state index in [9.17, 15) is 10.1 Å². The maximum atomic E-state index is 11.7. The van der Waals surface area contributed by atoms with E-state index in [4.69, 9.17) is 0 Å². The molecule has 23 heavy (non-hydrogen) atoms. The SMILES string of the molecule is C=C/C=C\C(=C/C)c1cc(N(C)C(C)=O)cc2c1CN(C#N)C2. The van der Waals surface area contributed by atoms with E-state index >= 15 is 0 Å². The Kier molecular flexibility index (Phi) is 5.02. The lowest BCUT2D eigenvalue weighted by atomic mass is 9.95. The average Bonchev–Trinajstić information content (AvgIpc) is 2.97. The lowest BCUT2D eigenvalue weighted by Crippen LogP contribution is -2.23. The molecule has 0 saturated heterocycles. The number of carbonyl (C=O) groups excluding carboxylic acids is 1. The van der Waals surface area contributed by atoms with Gasteiger partial charge < -0.3 is 9.80 Å². The molecule has 0 atom stereocenters. The molecule has 0 fully saturated rings. The van der Waals surface area contributed by atoms with E-state index in [0.717, 1.165) is 28.0 Å². The molecule has 1 aliphatic heterocycles. The second-order valence-electron chi connectivity index (χ2n) is 5.50. The normalized spacial score (nSPS) is 13.8. The first-order chi connectivity index (χ1) is 11.0. The van der Waals surface area contributed by atoms with Crippen LogP contribution in [0.15, 0.2) is 43.0 Å². The third-order valence-corrected chi connectivity index (χ3v) is 4.07. The van der Waals surface area contributed by atoms with E-state index in [-0.39, 0.29) is 5.91 Å². The summed E-state index contributed by atoms with van der Waals surface area (Å²) in [5.74, 6) is -0.0188. The number of rotatable bonds is 4. The minimum Gasteiger partial charge on any atom is -0.316 e. The molecule has 2 rings (SSSR count). The number of hydrogen-bond acceptors (Lipinski definition) is 3. The van der Waals surface area contributed by atoms with Crippen LogP contribution in [-0.2, 0) is 17.9 Å². The minimum absolute atomic E-state index is 0.0188. The van der Waals surface area contributed by atoms with E-state index in [0.29, 0.717) is 13.1 Å². The van der Waals surface area contributed by atoms with Crippen molar-refractivity contribution < 1.29 is 4.79 Å². The van der Waals surface area contributed by atoms with Crippen molar-refractivity contribution in [1.82, 2.24) is 4.90 Å². The molecule has 1 aromatic carbocycles. The molecule has 1 heterocycles. The predicted molar refractivity (Wildman–Crippen MR) is 93.4 cm³/mol. The van der Waals surface area contributed by atoms with Crippen LogP contribution in [0.3, 0.4) is 0 Å². The Morgan fingerprint density at radius 3 is 2.74 bits per heavy atom. The van der Waals surface area contributed by atoms with Gasteiger partial charge in [-0.2, -0.15) is 5.26 Å². The van der Waals surface area contributed by atoms with Crippen molar-refractivity contribution >= 4 is 17.2 Å². The molecule has 1 aliphatic rings. The Labute approximate surface area is 137 Å². The summed E-state index contributed by atoms with van der Waals surface area (Å²) in [4.78, 5) is 15.1. The molecular formula is C19H21N3O. The summed E-state index contributed by atoms with van der Waals surface area (Å²) in [6.45, 7) is 8.42. The summed E-state index contributed by atoms with van der Waals surface area (Å²) in [7, 11) is 1.76. The first-order valence-corrected chi connectivity index (χ1v) is 7.52. The van der Waals surface area contributed by atoms with Crippen LogP contribution in [0.4, 0.5) is 5.69 Å². The van der Waals surface area contributed by atoms with Crippen LogP contribution in [0.2, 0.25) is 0 Å². The van der Waals surface area contributed by atoms with Crippen LogP contribution >= 0.6 is 0 Å². The molecule has 0 unspecified atom stereocenters. The second-order valence-corrected chi connectivity index (χ2v) is 5.50. The minimum atomic E-state index is -0.0188. The molecular weight excluding hydrogens is 286 g/mol. The number of amides is 1. The zero-order valence-electron chi connectivity index (χ0n) is 13.8. The summed E-state index contributed by atoms with van der Waals surface area (Å²) in [5, 5.41) is 9.20. The van der Waals surface area contributed by atoms with E-state index < -0.39 is 0 Å². The van der Waals surface area contributed by atoms with Crippen LogP contribution in [0.1, 0.15) is 30.5 Å². The van der Waals surface area contributed by atoms with Crippen LogP contribution in [-0.4, -0.2) is 17.9 Å². The zero-order valence-corrected chi connectivity index (χ0v) is 13.8. The molecule has 0 aliphatic carbocycles. The standard InChI is InChI=1S/C19H21N3O/c1-5-7-8-15(6-2)18-10-17(21(4)14(3)23)9-16-11-22(13-20)12-19(16)18/h5-10H,1,11-12H2,2-4H3/b8-7-,15-6+. The number of allylic oxidation sites excluding steroid dienone is 5. The molecule has 0 spiro atoms. The molecule has 0 radical (unpaired) electrons. The Bertz CT molecular complexity index is 738. The highest BCUT2D eigenvalue weighted by atomic mass is 16.2. The largest absolute Gasteiger partial charge is 0.316 e. The molecule has 1 aromatic rings. The van der Waals surface area contributed by atoms with Crippen molar-refractivity contribution in [2.24, 2.45) is 0 Å². The maximum absolute atomic E-state index is 11.7. The van der Waals surface area contributed by atoms with Gasteiger partial charge in [0.2, 0.25) is 5.91 Å². The number of anilines is 1. The van der Waals surface area contributed by atoms with E-state index in [1.165, 1.54) is 0 Å². The first-order valence-electron chi connectivity index (χ1n) is 7.52. The molecule has 1 amide bonds. The van der Waals surface area contributed by atoms with Crippen molar-refractivity contribution in [1.29, 1.82) is 5.26 Å². The third kappa shape index (κ3) is 3.35. The van der Waals surface area contributed by atoms with Gasteiger partial charge in [0.15, 0.2) is 6.19 Å². The molecule has 4 heteroatoms. The summed E-state index contributed by atoms with van der Waals surface area (Å²) in [5.41, 5.74) is 5.20. The number of nitrogens with zero attached hydrogens (tertiary/aromatic N) is 3. The maximum Gasteiger partial charge on any atom is 0.223 e.